The average Bonchev–Trinajstić information content (AvgIpc) is 1.61. The van der Waals surface area contributed by atoms with Gasteiger partial charge in [0.25, 0.3) is 33.0 Å². The number of carbonyl (C=O) groups is 6. The number of amides is 1. The Morgan fingerprint density at radius 2 is 0.780 bits per heavy atom. The maximum absolute atomic E-state index is 12.7. The third kappa shape index (κ3) is 33.0. The summed E-state index contributed by atoms with van der Waals surface area (Å²) in [5, 5.41) is 49.9. The van der Waals surface area contributed by atoms with Gasteiger partial charge in [-0.15, -0.1) is 0 Å². The van der Waals surface area contributed by atoms with Crippen LogP contribution in [0.4, 0.5) is 0 Å². The van der Waals surface area contributed by atoms with Crippen LogP contribution in [0.3, 0.4) is 0 Å². The van der Waals surface area contributed by atoms with Crippen molar-refractivity contribution in [2.45, 2.75) is 207 Å². The molecule has 150 heavy (non-hydrogen) atoms. The number of esters is 4. The summed E-state index contributed by atoms with van der Waals surface area (Å²) in [4.78, 5) is 189. The monoisotopic (exact) mass is 2100 g/mol. The molecule has 804 valence electrons. The standard InChI is InChI=1S/C28H38N6O6.C23H27N5O7.C18H20N4O5.C11H14N4O4.C11H16N4O4.C7H5ClO.CH4/c1-7-22(15-39-28(37-14-13-29-6)34(19(2)3)20(4)5)40-23(16-38-27(36)21-11-9-8-10-12-21)33-18-32-24-25(33)30-17-31-26(24)35;1-3-16(11-33-19(30)10-9-17(29)24-2)35-18(12-34-23(32)15-7-5-4-6-8-15)28-14-27-20-21(28)25-13-26-22(20)31;1-2-13(8-23)27-14(9-26-18(25)12-6-4-3-5-7-12)22-11-21-15-16(22)19-10-20-17(15)24;1-2-5-7(16)8(17)11(19-5)15-4-14-6-9(15)12-3-13-10(6)18;1-2-7(3-16)19-8(4-17)15-6-14-9-10(15)12-5-13-11(9)18;8-7(9)6-4-2-1-3-5-6;/h8-12,17-20,22-23,28H,7,13-16H2,1-5H3,(H,30,31,35);4-8,13-14,16,18H,3,9-12H2,1-2H3,(H,24,29)(H,25,26,31);3-7,10-11,13-14,23H,2,8-9H2,1H3,(H,19,20,24);3-5,7-8,11,16-17H,2H2,1H3,(H,12,13,18);5-8,16-17H,2-4H2,1H3,(H,12,13,18);1-5H;1H4/t22-,23-,28?;16-,18-;13-,14-;5-,7?,8+,11-;7-,8-;;/m11111../s1. The number of ether oxygens (including phenoxy) is 11. The van der Waals surface area contributed by atoms with E-state index < -0.39 is 115 Å². The summed E-state index contributed by atoms with van der Waals surface area (Å²) in [6, 6.07) is 34.7. The molecule has 50 nitrogen and oxygen atoms in total. The molecule has 0 spiro atoms. The molecule has 2 unspecified atom stereocenters. The van der Waals surface area contributed by atoms with E-state index in [4.69, 9.17) is 75.4 Å². The van der Waals surface area contributed by atoms with Crippen LogP contribution < -0.4 is 33.1 Å². The molecule has 1 aliphatic heterocycles. The Morgan fingerprint density at radius 3 is 1.11 bits per heavy atom. The highest BCUT2D eigenvalue weighted by atomic mass is 35.5. The van der Waals surface area contributed by atoms with Gasteiger partial charge in [-0.1, -0.05) is 127 Å². The molecule has 0 bridgehead atoms. The van der Waals surface area contributed by atoms with Crippen molar-refractivity contribution < 1.29 is 106 Å². The summed E-state index contributed by atoms with van der Waals surface area (Å²) in [7, 11) is 1.49. The predicted octanol–water partition coefficient (Wildman–Crippen LogP) is 7.48. The van der Waals surface area contributed by atoms with Crippen LogP contribution in [0.25, 0.3) is 60.7 Å². The number of aliphatic hydroxyl groups excluding tert-OH is 5. The summed E-state index contributed by atoms with van der Waals surface area (Å²) < 4.78 is 70.9. The van der Waals surface area contributed by atoms with Gasteiger partial charge < -0.3 is 113 Å². The lowest BCUT2D eigenvalue weighted by atomic mass is 10.1. The van der Waals surface area contributed by atoms with Crippen LogP contribution in [-0.4, -0.2) is 297 Å². The number of imidazole rings is 5. The SMILES string of the molecule is C.CC[C@H](CO)O[C@H](CO)n1cnc2c(=O)[nH]cnc21.CC[C@H](CO)O[C@H](COC(=O)c1ccccc1)n1cnc2c(=O)[nH]cnc21.CC[C@H](COC(=O)CCC(=O)NC)O[C@H](COC(=O)c1ccccc1)n1cnc2c(=O)[nH]cnc21.CC[C@H]1O[C@@H](n2cnc3c(=O)[nH]cnc32)[C@@H](O)C1O.O=C(Cl)c1ccccc1.[C-]#[N+]CCOC(OC[C@@H](CC)O[C@H](COC(=O)c1ccccc1)n1cnc2c(=O)[nH]cnc21)N(C(C)C)C(C)C. The van der Waals surface area contributed by atoms with E-state index in [1.54, 1.807) is 114 Å². The van der Waals surface area contributed by atoms with Gasteiger partial charge >= 0.3 is 23.9 Å². The fourth-order valence-electron chi connectivity index (χ4n) is 14.6. The molecule has 51 heteroatoms. The predicted molar refractivity (Wildman–Crippen MR) is 542 cm³/mol. The second-order valence-corrected chi connectivity index (χ2v) is 33.5. The van der Waals surface area contributed by atoms with Gasteiger partial charge in [-0.05, 0) is 108 Å². The lowest BCUT2D eigenvalue weighted by Gasteiger charge is -2.37. The van der Waals surface area contributed by atoms with Crippen molar-refractivity contribution in [1.29, 1.82) is 0 Å². The van der Waals surface area contributed by atoms with Crippen molar-refractivity contribution in [2.24, 2.45) is 0 Å². The number of carbonyl (C=O) groups excluding carboxylic acids is 6. The molecule has 0 radical (unpaired) electrons. The van der Waals surface area contributed by atoms with Gasteiger partial charge in [0.05, 0.1) is 143 Å². The Labute approximate surface area is 862 Å². The first-order valence-corrected chi connectivity index (χ1v) is 47.9. The normalized spacial score (nSPS) is 15.4. The first kappa shape index (κ1) is 118. The van der Waals surface area contributed by atoms with Crippen molar-refractivity contribution in [3.8, 4) is 0 Å². The topological polar surface area (TPSA) is 643 Å². The molecule has 1 aliphatic rings. The van der Waals surface area contributed by atoms with Gasteiger partial charge in [0, 0.05) is 31.1 Å². The summed E-state index contributed by atoms with van der Waals surface area (Å²) in [5.74, 6) is -2.37. The molecular weight excluding hydrogens is 1980 g/mol. The highest BCUT2D eigenvalue weighted by Crippen LogP contribution is 2.33. The summed E-state index contributed by atoms with van der Waals surface area (Å²) >= 11 is 5.16. The number of H-pyrrole nitrogens is 5. The minimum absolute atomic E-state index is 0. The number of aliphatic hydroxyl groups is 5. The van der Waals surface area contributed by atoms with Crippen molar-refractivity contribution in [2.75, 3.05) is 73.1 Å². The number of benzene rings is 4. The number of aromatic amines is 5. The molecule has 10 aromatic heterocycles. The lowest BCUT2D eigenvalue weighted by Crippen LogP contribution is -2.49. The molecule has 0 aliphatic carbocycles. The van der Waals surface area contributed by atoms with Crippen LogP contribution in [0, 0.1) is 6.57 Å². The number of halogens is 1. The third-order valence-corrected chi connectivity index (χ3v) is 22.8. The van der Waals surface area contributed by atoms with E-state index in [1.165, 1.54) is 88.6 Å². The summed E-state index contributed by atoms with van der Waals surface area (Å²) in [6.07, 6.45) is 6.92. The van der Waals surface area contributed by atoms with Crippen LogP contribution in [0.1, 0.15) is 187 Å². The fraction of sp³-hybridized carbons (Fsp3) is 0.434. The number of hydrogen-bond donors (Lipinski definition) is 11. The van der Waals surface area contributed by atoms with Crippen LogP contribution in [0.5, 0.6) is 0 Å². The maximum Gasteiger partial charge on any atom is 0.338 e. The molecule has 1 amide bonds. The fourth-order valence-corrected chi connectivity index (χ4v) is 14.7. The summed E-state index contributed by atoms with van der Waals surface area (Å²) in [5.41, 5.74) is 2.06. The largest absolute Gasteiger partial charge is 0.463 e. The Morgan fingerprint density at radius 1 is 0.440 bits per heavy atom. The van der Waals surface area contributed by atoms with E-state index in [-0.39, 0.29) is 160 Å². The highest BCUT2D eigenvalue weighted by molar-refractivity contribution is 6.67. The third-order valence-electron chi connectivity index (χ3n) is 22.6. The lowest BCUT2D eigenvalue weighted by molar-refractivity contribution is -0.253. The number of nitrogens with one attached hydrogen (secondary N) is 6. The quantitative estimate of drug-likeness (QED) is 0.00440. The molecule has 15 rings (SSSR count). The van der Waals surface area contributed by atoms with Crippen molar-refractivity contribution in [1.82, 2.24) is 108 Å². The Kier molecular flexibility index (Phi) is 47.7. The zero-order valence-electron chi connectivity index (χ0n) is 83.2. The second-order valence-electron chi connectivity index (χ2n) is 33.2. The Hall–Kier alpha value is -15.1. The molecular formula is C99H124ClN23O27. The van der Waals surface area contributed by atoms with Gasteiger partial charge in [0.15, 0.2) is 87.0 Å². The van der Waals surface area contributed by atoms with Crippen LogP contribution >= 0.6 is 11.6 Å². The zero-order chi connectivity index (χ0) is 108. The number of rotatable bonds is 45. The first-order chi connectivity index (χ1) is 72.0. The maximum atomic E-state index is 12.7. The molecule has 14 aromatic rings. The van der Waals surface area contributed by atoms with Gasteiger partial charge in [-0.3, -0.25) is 66.1 Å². The number of aromatic nitrogens is 20. The van der Waals surface area contributed by atoms with E-state index in [2.05, 4.69) is 118 Å². The van der Waals surface area contributed by atoms with Gasteiger partial charge in [-0.2, -0.15) is 0 Å². The smallest absolute Gasteiger partial charge is 0.338 e. The van der Waals surface area contributed by atoms with E-state index in [0.717, 1.165) is 0 Å². The van der Waals surface area contributed by atoms with Gasteiger partial charge in [0.2, 0.25) is 18.9 Å². The minimum atomic E-state index is -1.08. The Bertz CT molecular complexity index is 6920. The molecule has 4 aromatic carbocycles. The molecule has 11 heterocycles. The van der Waals surface area contributed by atoms with Gasteiger partial charge in [0.1, 0.15) is 45.2 Å². The van der Waals surface area contributed by atoms with E-state index >= 15 is 0 Å². The van der Waals surface area contributed by atoms with Crippen LogP contribution in [0.2, 0.25) is 0 Å². The zero-order valence-corrected chi connectivity index (χ0v) is 84.0. The van der Waals surface area contributed by atoms with Gasteiger partial charge in [-0.25, -0.2) is 70.8 Å². The van der Waals surface area contributed by atoms with E-state index in [0.29, 0.717) is 76.9 Å². The second kappa shape index (κ2) is 60.4. The average molecular weight is 2100 g/mol. The number of fused-ring (bicyclic) bond motifs is 5. The first-order valence-electron chi connectivity index (χ1n) is 47.6. The van der Waals surface area contributed by atoms with Crippen LogP contribution in [0.15, 0.2) is 209 Å². The number of hydrogen-bond acceptors (Lipinski definition) is 38. The molecule has 0 saturated carbocycles. The van der Waals surface area contributed by atoms with Crippen LogP contribution in [-0.2, 0) is 61.7 Å². The van der Waals surface area contributed by atoms with Crippen molar-refractivity contribution in [3.63, 3.8) is 0 Å². The van der Waals surface area contributed by atoms with E-state index in [1.807, 2.05) is 46.8 Å². The van der Waals surface area contributed by atoms with Crippen molar-refractivity contribution in [3.05, 3.63) is 270 Å². The minimum Gasteiger partial charge on any atom is -0.463 e. The number of nitrogens with zero attached hydrogens (tertiary/aromatic N) is 17. The summed E-state index contributed by atoms with van der Waals surface area (Å²) in [6.45, 7) is 24.1. The molecule has 13 atom stereocenters. The van der Waals surface area contributed by atoms with Crippen molar-refractivity contribution >= 4 is 102 Å². The molecule has 11 N–H and O–H groups in total. The Balaban J connectivity index is 0.000000208. The molecule has 1 fully saturated rings. The highest BCUT2D eigenvalue weighted by Gasteiger charge is 2.44. The molecule has 1 saturated heterocycles. The van der Waals surface area contributed by atoms with E-state index in [9.17, 15) is 73.2 Å².